The van der Waals surface area contributed by atoms with E-state index in [0.29, 0.717) is 41.4 Å². The maximum atomic E-state index is 11.6. The smallest absolute Gasteiger partial charge is 0.268 e. The van der Waals surface area contributed by atoms with Gasteiger partial charge < -0.3 is 9.30 Å². The minimum absolute atomic E-state index is 0.166. The van der Waals surface area contributed by atoms with Crippen molar-refractivity contribution in [2.75, 3.05) is 6.61 Å². The normalized spacial score (nSPS) is 18.3. The Morgan fingerprint density at radius 2 is 2.00 bits per heavy atom. The van der Waals surface area contributed by atoms with Gasteiger partial charge in [-0.05, 0) is 31.9 Å². The average molecular weight is 363 g/mol. The van der Waals surface area contributed by atoms with Gasteiger partial charge in [0.2, 0.25) is 5.88 Å². The van der Waals surface area contributed by atoms with Crippen LogP contribution in [0.15, 0.2) is 41.7 Å². The summed E-state index contributed by atoms with van der Waals surface area (Å²) in [5.41, 5.74) is 3.41. The van der Waals surface area contributed by atoms with E-state index >= 15 is 0 Å². The van der Waals surface area contributed by atoms with Gasteiger partial charge in [-0.1, -0.05) is 6.07 Å². The molecule has 0 saturated heterocycles. The number of hydrogen-bond donors (Lipinski definition) is 0. The molecule has 1 fully saturated rings. The molecule has 7 nitrogen and oxygen atoms in total. The summed E-state index contributed by atoms with van der Waals surface area (Å²) in [5, 5.41) is 0. The van der Waals surface area contributed by atoms with E-state index in [1.807, 2.05) is 20.0 Å². The molecule has 0 amide bonds. The monoisotopic (exact) mass is 363 g/mol. The van der Waals surface area contributed by atoms with Gasteiger partial charge in [0.15, 0.2) is 0 Å². The van der Waals surface area contributed by atoms with E-state index in [4.69, 9.17) is 4.74 Å². The van der Waals surface area contributed by atoms with Crippen LogP contribution in [-0.4, -0.2) is 31.1 Å². The Morgan fingerprint density at radius 1 is 1.15 bits per heavy atom. The van der Waals surface area contributed by atoms with Crippen LogP contribution in [0, 0.1) is 19.8 Å². The van der Waals surface area contributed by atoms with E-state index in [0.717, 1.165) is 17.7 Å². The molecule has 138 valence electrons. The van der Waals surface area contributed by atoms with Crippen LogP contribution in [0.4, 0.5) is 0 Å². The van der Waals surface area contributed by atoms with E-state index in [1.54, 1.807) is 19.4 Å². The van der Waals surface area contributed by atoms with Crippen molar-refractivity contribution in [3.05, 3.63) is 64.4 Å². The third kappa shape index (κ3) is 3.72. The van der Waals surface area contributed by atoms with Gasteiger partial charge in [0.05, 0.1) is 24.1 Å². The predicted molar refractivity (Wildman–Crippen MR) is 101 cm³/mol. The Hall–Kier alpha value is -3.09. The first-order valence-corrected chi connectivity index (χ1v) is 8.93. The minimum Gasteiger partial charge on any atom is -0.477 e. The topological polar surface area (TPSA) is 82.8 Å². The number of hydrogen-bond acceptors (Lipinski definition) is 6. The molecular weight excluding hydrogens is 342 g/mol. The van der Waals surface area contributed by atoms with Crippen molar-refractivity contribution >= 4 is 0 Å². The van der Waals surface area contributed by atoms with E-state index < -0.39 is 0 Å². The fraction of sp³-hybridized carbons (Fsp3) is 0.350. The van der Waals surface area contributed by atoms with Crippen molar-refractivity contribution in [1.29, 1.82) is 0 Å². The number of nitrogens with zero attached hydrogens (tertiary/aromatic N) is 5. The van der Waals surface area contributed by atoms with Crippen molar-refractivity contribution in [2.45, 2.75) is 26.2 Å². The molecule has 1 aliphatic carbocycles. The zero-order chi connectivity index (χ0) is 19.0. The Balaban J connectivity index is 1.51. The first kappa shape index (κ1) is 17.3. The van der Waals surface area contributed by atoms with Gasteiger partial charge in [0.1, 0.15) is 5.82 Å². The second-order valence-corrected chi connectivity index (χ2v) is 7.03. The van der Waals surface area contributed by atoms with Crippen LogP contribution < -0.4 is 10.3 Å². The van der Waals surface area contributed by atoms with Gasteiger partial charge in [0, 0.05) is 43.2 Å². The van der Waals surface area contributed by atoms with Gasteiger partial charge in [-0.25, -0.2) is 9.97 Å². The second-order valence-electron chi connectivity index (χ2n) is 7.03. The molecule has 0 N–H and O–H groups in total. The fourth-order valence-corrected chi connectivity index (χ4v) is 3.05. The quantitative estimate of drug-likeness (QED) is 0.692. The van der Waals surface area contributed by atoms with Crippen LogP contribution in [0.5, 0.6) is 5.88 Å². The molecule has 0 aromatic carbocycles. The Kier molecular flexibility index (Phi) is 4.43. The molecule has 0 radical (unpaired) electrons. The van der Waals surface area contributed by atoms with Crippen molar-refractivity contribution in [1.82, 2.24) is 24.5 Å². The van der Waals surface area contributed by atoms with Crippen LogP contribution in [0.1, 0.15) is 29.4 Å². The lowest BCUT2D eigenvalue weighted by atomic mass is 10.2. The Labute approximate surface area is 157 Å². The number of pyridine rings is 1. The van der Waals surface area contributed by atoms with Gasteiger partial charge in [0.25, 0.3) is 5.56 Å². The third-order valence-corrected chi connectivity index (χ3v) is 4.80. The summed E-state index contributed by atoms with van der Waals surface area (Å²) in [6, 6.07) is 4.18. The predicted octanol–water partition coefficient (Wildman–Crippen LogP) is 2.43. The summed E-state index contributed by atoms with van der Waals surface area (Å²) in [7, 11) is 1.69. The standard InChI is InChI=1S/C20H21N5O2/c1-12-4-5-17(22-7-12)15-6-14(15)11-27-20-16(8-21-13(2)24-20)18-10-25(3)19(26)9-23-18/h4-5,7-10,14-15H,6,11H2,1-3H3. The Bertz CT molecular complexity index is 1030. The number of rotatable bonds is 5. The maximum Gasteiger partial charge on any atom is 0.268 e. The lowest BCUT2D eigenvalue weighted by molar-refractivity contribution is 0.285. The van der Waals surface area contributed by atoms with Crippen molar-refractivity contribution in [2.24, 2.45) is 13.0 Å². The van der Waals surface area contributed by atoms with Crippen LogP contribution in [-0.2, 0) is 7.05 Å². The highest BCUT2D eigenvalue weighted by atomic mass is 16.5. The molecule has 0 spiro atoms. The molecule has 7 heteroatoms. The molecule has 1 aliphatic rings. The van der Waals surface area contributed by atoms with Gasteiger partial charge in [-0.3, -0.25) is 9.78 Å². The highest BCUT2D eigenvalue weighted by Crippen LogP contribution is 2.46. The summed E-state index contributed by atoms with van der Waals surface area (Å²) in [6.45, 7) is 4.42. The average Bonchev–Trinajstić information content (AvgIpc) is 3.43. The molecule has 3 heterocycles. The molecule has 1 saturated carbocycles. The first-order valence-electron chi connectivity index (χ1n) is 8.93. The largest absolute Gasteiger partial charge is 0.477 e. The summed E-state index contributed by atoms with van der Waals surface area (Å²) in [5.74, 6) is 1.99. The zero-order valence-electron chi connectivity index (χ0n) is 15.6. The lowest BCUT2D eigenvalue weighted by Gasteiger charge is -2.11. The highest BCUT2D eigenvalue weighted by Gasteiger charge is 2.40. The van der Waals surface area contributed by atoms with E-state index in [-0.39, 0.29) is 5.56 Å². The number of aryl methyl sites for hydroxylation is 3. The zero-order valence-corrected chi connectivity index (χ0v) is 15.6. The first-order chi connectivity index (χ1) is 13.0. The van der Waals surface area contributed by atoms with Crippen LogP contribution in [0.2, 0.25) is 0 Å². The van der Waals surface area contributed by atoms with Crippen molar-refractivity contribution < 1.29 is 4.74 Å². The Morgan fingerprint density at radius 3 is 2.74 bits per heavy atom. The maximum absolute atomic E-state index is 11.6. The molecule has 3 aromatic heterocycles. The van der Waals surface area contributed by atoms with E-state index in [1.165, 1.54) is 10.8 Å². The summed E-state index contributed by atoms with van der Waals surface area (Å²) in [4.78, 5) is 29.0. The number of aromatic nitrogens is 5. The van der Waals surface area contributed by atoms with E-state index in [2.05, 4.69) is 32.1 Å². The summed E-state index contributed by atoms with van der Waals surface area (Å²) >= 11 is 0. The molecule has 3 aromatic rings. The molecule has 0 aliphatic heterocycles. The molecule has 4 rings (SSSR count). The van der Waals surface area contributed by atoms with E-state index in [9.17, 15) is 4.79 Å². The molecular formula is C20H21N5O2. The molecule has 27 heavy (non-hydrogen) atoms. The van der Waals surface area contributed by atoms with Crippen LogP contribution >= 0.6 is 0 Å². The van der Waals surface area contributed by atoms with Gasteiger partial charge in [-0.2, -0.15) is 4.98 Å². The van der Waals surface area contributed by atoms with Gasteiger partial charge in [-0.15, -0.1) is 0 Å². The van der Waals surface area contributed by atoms with Crippen LogP contribution in [0.25, 0.3) is 11.3 Å². The molecule has 2 atom stereocenters. The third-order valence-electron chi connectivity index (χ3n) is 4.80. The van der Waals surface area contributed by atoms with Crippen molar-refractivity contribution in [3.8, 4) is 17.1 Å². The molecule has 0 bridgehead atoms. The lowest BCUT2D eigenvalue weighted by Crippen LogP contribution is -2.16. The summed E-state index contributed by atoms with van der Waals surface area (Å²) in [6.07, 6.45) is 7.62. The number of ether oxygens (including phenoxy) is 1. The fourth-order valence-electron chi connectivity index (χ4n) is 3.05. The minimum atomic E-state index is -0.166. The summed E-state index contributed by atoms with van der Waals surface area (Å²) < 4.78 is 7.51. The highest BCUT2D eigenvalue weighted by molar-refractivity contribution is 5.62. The van der Waals surface area contributed by atoms with Crippen LogP contribution in [0.3, 0.4) is 0 Å². The molecule has 2 unspecified atom stereocenters. The van der Waals surface area contributed by atoms with Crippen molar-refractivity contribution in [3.63, 3.8) is 0 Å². The van der Waals surface area contributed by atoms with Gasteiger partial charge >= 0.3 is 0 Å². The second kappa shape index (κ2) is 6.90. The SMILES string of the molecule is Cc1ccc(C2CC2COc2nc(C)ncc2-c2cn(C)c(=O)cn2)nc1.